The largest absolute Gasteiger partial charge is 0.497 e. The van der Waals surface area contributed by atoms with E-state index in [0.29, 0.717) is 17.0 Å². The number of carbonyl (C=O) groups is 3. The maximum absolute atomic E-state index is 13.5. The zero-order valence-electron chi connectivity index (χ0n) is 21.2. The molecule has 0 saturated carbocycles. The summed E-state index contributed by atoms with van der Waals surface area (Å²) in [5.41, 5.74) is 2.41. The van der Waals surface area contributed by atoms with Gasteiger partial charge in [0.25, 0.3) is 5.91 Å². The van der Waals surface area contributed by atoms with Crippen LogP contribution in [0.5, 0.6) is 5.75 Å². The maximum atomic E-state index is 13.5. The van der Waals surface area contributed by atoms with E-state index < -0.39 is 29.7 Å². The number of anilines is 1. The Morgan fingerprint density at radius 2 is 1.62 bits per heavy atom. The molecule has 2 atom stereocenters. The number of benzene rings is 2. The first-order valence-electron chi connectivity index (χ1n) is 11.1. The summed E-state index contributed by atoms with van der Waals surface area (Å²) in [4.78, 5) is 40.2. The smallest absolute Gasteiger partial charge is 0.408 e. The van der Waals surface area contributed by atoms with E-state index in [-0.39, 0.29) is 5.91 Å². The standard InChI is InChI=1S/C26H35N3O5/c1-16-9-10-17(2)21(15-16)22(23(30)28-19-11-13-20(33-8)14-12-19)29(7)24(31)18(3)27-25(32)34-26(4,5)6/h9-15,18,22H,1-8H3,(H,27,32)(H,28,30). The number of methoxy groups -OCH3 is 1. The van der Waals surface area contributed by atoms with Gasteiger partial charge < -0.3 is 25.0 Å². The van der Waals surface area contributed by atoms with Gasteiger partial charge in [0, 0.05) is 12.7 Å². The lowest BCUT2D eigenvalue weighted by atomic mass is 9.96. The zero-order chi connectivity index (χ0) is 25.6. The Morgan fingerprint density at radius 3 is 2.18 bits per heavy atom. The number of amides is 3. The topological polar surface area (TPSA) is 97.0 Å². The molecule has 2 rings (SSSR count). The van der Waals surface area contributed by atoms with E-state index in [9.17, 15) is 14.4 Å². The Hall–Kier alpha value is -3.55. The molecule has 0 aromatic heterocycles. The van der Waals surface area contributed by atoms with Crippen molar-refractivity contribution >= 4 is 23.6 Å². The predicted octanol–water partition coefficient (Wildman–Crippen LogP) is 4.36. The minimum atomic E-state index is -0.919. The monoisotopic (exact) mass is 469 g/mol. The lowest BCUT2D eigenvalue weighted by Crippen LogP contribution is -2.49. The average molecular weight is 470 g/mol. The van der Waals surface area contributed by atoms with Gasteiger partial charge in [0.05, 0.1) is 7.11 Å². The van der Waals surface area contributed by atoms with Crippen LogP contribution in [-0.4, -0.2) is 48.6 Å². The molecule has 0 fully saturated rings. The zero-order valence-corrected chi connectivity index (χ0v) is 21.2. The molecule has 0 bridgehead atoms. The van der Waals surface area contributed by atoms with Gasteiger partial charge in [-0.15, -0.1) is 0 Å². The quantitative estimate of drug-likeness (QED) is 0.628. The average Bonchev–Trinajstić information content (AvgIpc) is 2.74. The first kappa shape index (κ1) is 26.7. The van der Waals surface area contributed by atoms with Gasteiger partial charge in [-0.2, -0.15) is 0 Å². The van der Waals surface area contributed by atoms with Gasteiger partial charge in [-0.3, -0.25) is 9.59 Å². The highest BCUT2D eigenvalue weighted by Crippen LogP contribution is 2.27. The molecule has 0 aliphatic heterocycles. The van der Waals surface area contributed by atoms with Crippen LogP contribution >= 0.6 is 0 Å². The van der Waals surface area contributed by atoms with E-state index in [0.717, 1.165) is 11.1 Å². The van der Waals surface area contributed by atoms with Gasteiger partial charge in [0.1, 0.15) is 23.4 Å². The molecule has 184 valence electrons. The number of likely N-dealkylation sites (N-methyl/N-ethyl adjacent to an activating group) is 1. The summed E-state index contributed by atoms with van der Waals surface area (Å²) in [6.07, 6.45) is -0.701. The third-order valence-electron chi connectivity index (χ3n) is 5.17. The molecule has 8 nitrogen and oxygen atoms in total. The molecule has 2 aromatic rings. The Kier molecular flexibility index (Phi) is 8.68. The Bertz CT molecular complexity index is 1030. The molecular weight excluding hydrogens is 434 g/mol. The third-order valence-corrected chi connectivity index (χ3v) is 5.17. The van der Waals surface area contributed by atoms with Crippen LogP contribution in [0.15, 0.2) is 42.5 Å². The van der Waals surface area contributed by atoms with E-state index in [1.807, 2.05) is 32.0 Å². The van der Waals surface area contributed by atoms with E-state index in [1.54, 1.807) is 66.1 Å². The van der Waals surface area contributed by atoms with Gasteiger partial charge in [-0.05, 0) is 76.9 Å². The highest BCUT2D eigenvalue weighted by atomic mass is 16.6. The second-order valence-corrected chi connectivity index (χ2v) is 9.30. The summed E-state index contributed by atoms with van der Waals surface area (Å²) in [5.74, 6) is -0.140. The number of carbonyl (C=O) groups excluding carboxylic acids is 3. The molecule has 0 spiro atoms. The third kappa shape index (κ3) is 7.23. The molecule has 8 heteroatoms. The molecule has 34 heavy (non-hydrogen) atoms. The molecule has 0 radical (unpaired) electrons. The number of ether oxygens (including phenoxy) is 2. The summed E-state index contributed by atoms with van der Waals surface area (Å²) < 4.78 is 10.4. The van der Waals surface area contributed by atoms with Gasteiger partial charge in [-0.1, -0.05) is 23.8 Å². The van der Waals surface area contributed by atoms with Crippen LogP contribution in [-0.2, 0) is 14.3 Å². The van der Waals surface area contributed by atoms with Crippen LogP contribution in [0.2, 0.25) is 0 Å². The van der Waals surface area contributed by atoms with Crippen molar-refractivity contribution in [1.29, 1.82) is 0 Å². The van der Waals surface area contributed by atoms with Crippen LogP contribution in [0.4, 0.5) is 10.5 Å². The van der Waals surface area contributed by atoms with Gasteiger partial charge in [-0.25, -0.2) is 4.79 Å². The van der Waals surface area contributed by atoms with Crippen LogP contribution in [0.25, 0.3) is 0 Å². The van der Waals surface area contributed by atoms with Gasteiger partial charge in [0.15, 0.2) is 0 Å². The Balaban J connectivity index is 2.32. The van der Waals surface area contributed by atoms with Crippen molar-refractivity contribution in [2.45, 2.75) is 59.2 Å². The maximum Gasteiger partial charge on any atom is 0.408 e. The molecule has 0 heterocycles. The number of aryl methyl sites for hydroxylation is 2. The van der Waals surface area contributed by atoms with E-state index in [4.69, 9.17) is 9.47 Å². The van der Waals surface area contributed by atoms with Crippen LogP contribution < -0.4 is 15.4 Å². The van der Waals surface area contributed by atoms with Gasteiger partial charge >= 0.3 is 6.09 Å². The highest BCUT2D eigenvalue weighted by molar-refractivity contribution is 5.99. The second-order valence-electron chi connectivity index (χ2n) is 9.30. The summed E-state index contributed by atoms with van der Waals surface area (Å²) in [6, 6.07) is 10.9. The van der Waals surface area contributed by atoms with Crippen LogP contribution in [0.1, 0.15) is 50.4 Å². The lowest BCUT2D eigenvalue weighted by Gasteiger charge is -2.31. The SMILES string of the molecule is COc1ccc(NC(=O)C(c2cc(C)ccc2C)N(C)C(=O)C(C)NC(=O)OC(C)(C)C)cc1. The van der Waals surface area contributed by atoms with Crippen molar-refractivity contribution < 1.29 is 23.9 Å². The Labute approximate surface area is 201 Å². The van der Waals surface area contributed by atoms with Crippen molar-refractivity contribution in [2.75, 3.05) is 19.5 Å². The minimum absolute atomic E-state index is 0.376. The molecule has 2 unspecified atom stereocenters. The summed E-state index contributed by atoms with van der Waals surface area (Å²) in [7, 11) is 3.12. The van der Waals surface area contributed by atoms with E-state index in [1.165, 1.54) is 4.90 Å². The minimum Gasteiger partial charge on any atom is -0.497 e. The van der Waals surface area contributed by atoms with Crippen LogP contribution in [0, 0.1) is 13.8 Å². The van der Waals surface area contributed by atoms with Crippen molar-refractivity contribution in [2.24, 2.45) is 0 Å². The fourth-order valence-electron chi connectivity index (χ4n) is 3.44. The molecular formula is C26H35N3O5. The van der Waals surface area contributed by atoms with Crippen LogP contribution in [0.3, 0.4) is 0 Å². The molecule has 0 aliphatic rings. The first-order valence-corrected chi connectivity index (χ1v) is 11.1. The van der Waals surface area contributed by atoms with E-state index in [2.05, 4.69) is 10.6 Å². The van der Waals surface area contributed by atoms with Crippen molar-refractivity contribution in [3.8, 4) is 5.75 Å². The van der Waals surface area contributed by atoms with Gasteiger partial charge in [0.2, 0.25) is 5.91 Å². The van der Waals surface area contributed by atoms with E-state index >= 15 is 0 Å². The fraction of sp³-hybridized carbons (Fsp3) is 0.423. The molecule has 0 aliphatic carbocycles. The highest BCUT2D eigenvalue weighted by Gasteiger charge is 2.33. The number of rotatable bonds is 7. The molecule has 3 amide bonds. The summed E-state index contributed by atoms with van der Waals surface area (Å²) in [6.45, 7) is 10.6. The molecule has 2 aromatic carbocycles. The predicted molar refractivity (Wildman–Crippen MR) is 132 cm³/mol. The van der Waals surface area contributed by atoms with Crippen molar-refractivity contribution in [1.82, 2.24) is 10.2 Å². The first-order chi connectivity index (χ1) is 15.8. The normalized spacial score (nSPS) is 12.8. The van der Waals surface area contributed by atoms with Crippen molar-refractivity contribution in [3.63, 3.8) is 0 Å². The summed E-state index contributed by atoms with van der Waals surface area (Å²) >= 11 is 0. The number of nitrogens with zero attached hydrogens (tertiary/aromatic N) is 1. The molecule has 0 saturated heterocycles. The number of hydrogen-bond donors (Lipinski definition) is 2. The number of alkyl carbamates (subject to hydrolysis) is 1. The molecule has 2 N–H and O–H groups in total. The fourth-order valence-corrected chi connectivity index (χ4v) is 3.44. The number of hydrogen-bond acceptors (Lipinski definition) is 5. The Morgan fingerprint density at radius 1 is 1.00 bits per heavy atom. The lowest BCUT2D eigenvalue weighted by molar-refractivity contribution is -0.138. The number of nitrogens with one attached hydrogen (secondary N) is 2. The van der Waals surface area contributed by atoms with Crippen molar-refractivity contribution in [3.05, 3.63) is 59.2 Å². The summed E-state index contributed by atoms with van der Waals surface area (Å²) in [5, 5.41) is 5.44. The second kappa shape index (κ2) is 11.0.